The largest absolute Gasteiger partial charge is 0.303 e. The van der Waals surface area contributed by atoms with Crippen molar-refractivity contribution in [2.45, 2.75) is 25.5 Å². The van der Waals surface area contributed by atoms with E-state index in [-0.39, 0.29) is 11.2 Å². The first-order valence-electron chi connectivity index (χ1n) is 7.82. The molecule has 1 unspecified atom stereocenters. The van der Waals surface area contributed by atoms with E-state index in [4.69, 9.17) is 0 Å². The molecule has 2 aromatic rings. The summed E-state index contributed by atoms with van der Waals surface area (Å²) in [5.74, 6) is -0.00665. The Morgan fingerprint density at radius 3 is 2.71 bits per heavy atom. The Morgan fingerprint density at radius 2 is 1.96 bits per heavy atom. The van der Waals surface area contributed by atoms with Gasteiger partial charge in [-0.05, 0) is 31.4 Å². The fraction of sp³-hybridized carbons (Fsp3) is 0.211. The first kappa shape index (κ1) is 16.5. The van der Waals surface area contributed by atoms with Gasteiger partial charge in [0.05, 0.1) is 11.0 Å². The number of hydrogen-bond donors (Lipinski definition) is 1. The second-order valence-electron chi connectivity index (χ2n) is 5.75. The van der Waals surface area contributed by atoms with E-state index in [0.717, 1.165) is 16.8 Å². The van der Waals surface area contributed by atoms with Gasteiger partial charge in [-0.1, -0.05) is 71.9 Å². The zero-order chi connectivity index (χ0) is 16.9. The Bertz CT molecular complexity index is 799. The number of thioether (sulfide) groups is 1. The van der Waals surface area contributed by atoms with Crippen LogP contribution >= 0.6 is 11.8 Å². The zero-order valence-corrected chi connectivity index (χ0v) is 14.5. The molecule has 0 spiro atoms. The normalized spacial score (nSPS) is 19.6. The molecule has 1 aliphatic heterocycles. The molecule has 0 saturated carbocycles. The molecule has 2 aromatic carbocycles. The average molecular weight is 337 g/mol. The van der Waals surface area contributed by atoms with E-state index < -0.39 is 0 Å². The number of nitrogens with zero attached hydrogens (tertiary/aromatic N) is 2. The minimum Gasteiger partial charge on any atom is -0.303 e. The highest BCUT2D eigenvalue weighted by atomic mass is 32.2. The fourth-order valence-corrected chi connectivity index (χ4v) is 3.46. The maximum Gasteiger partial charge on any atom is 0.239 e. The SMILES string of the molecule is CC(=NN=C1NC(=O)C(Cc2cccc(C)c2)S1)c1ccccc1. The first-order valence-corrected chi connectivity index (χ1v) is 8.70. The van der Waals surface area contributed by atoms with E-state index in [2.05, 4.69) is 34.6 Å². The maximum absolute atomic E-state index is 12.1. The molecule has 1 N–H and O–H groups in total. The second-order valence-corrected chi connectivity index (χ2v) is 6.94. The van der Waals surface area contributed by atoms with Crippen LogP contribution < -0.4 is 5.32 Å². The number of carbonyl (C=O) groups is 1. The van der Waals surface area contributed by atoms with Crippen LogP contribution in [-0.4, -0.2) is 22.0 Å². The number of benzene rings is 2. The van der Waals surface area contributed by atoms with Crippen LogP contribution in [0.4, 0.5) is 0 Å². The topological polar surface area (TPSA) is 53.8 Å². The Kier molecular flexibility index (Phi) is 5.11. The molecule has 3 rings (SSSR count). The molecular weight excluding hydrogens is 318 g/mol. The molecular formula is C19H19N3OS. The van der Waals surface area contributed by atoms with Crippen molar-refractivity contribution in [1.29, 1.82) is 0 Å². The van der Waals surface area contributed by atoms with Gasteiger partial charge in [0.1, 0.15) is 0 Å². The fourth-order valence-electron chi connectivity index (χ4n) is 2.50. The number of rotatable bonds is 4. The summed E-state index contributed by atoms with van der Waals surface area (Å²) in [4.78, 5) is 12.1. The molecule has 0 aromatic heterocycles. The third-order valence-electron chi connectivity index (χ3n) is 3.76. The lowest BCUT2D eigenvalue weighted by atomic mass is 10.1. The third kappa shape index (κ3) is 4.11. The first-order chi connectivity index (χ1) is 11.6. The van der Waals surface area contributed by atoms with E-state index in [1.807, 2.05) is 49.4 Å². The van der Waals surface area contributed by atoms with E-state index in [1.165, 1.54) is 17.3 Å². The summed E-state index contributed by atoms with van der Waals surface area (Å²) in [6, 6.07) is 18.1. The molecule has 24 heavy (non-hydrogen) atoms. The van der Waals surface area contributed by atoms with Crippen molar-refractivity contribution < 1.29 is 4.79 Å². The monoisotopic (exact) mass is 337 g/mol. The number of nitrogens with one attached hydrogen (secondary N) is 1. The van der Waals surface area contributed by atoms with E-state index in [0.29, 0.717) is 11.6 Å². The Balaban J connectivity index is 1.68. The highest BCUT2D eigenvalue weighted by Gasteiger charge is 2.30. The Labute approximate surface area is 146 Å². The van der Waals surface area contributed by atoms with Gasteiger partial charge in [0.15, 0.2) is 5.17 Å². The van der Waals surface area contributed by atoms with Gasteiger partial charge in [0.2, 0.25) is 5.91 Å². The van der Waals surface area contributed by atoms with Crippen molar-refractivity contribution in [3.63, 3.8) is 0 Å². The molecule has 1 saturated heterocycles. The van der Waals surface area contributed by atoms with Crippen molar-refractivity contribution in [2.75, 3.05) is 0 Å². The summed E-state index contributed by atoms with van der Waals surface area (Å²) >= 11 is 1.44. The van der Waals surface area contributed by atoms with Crippen LogP contribution in [0.15, 0.2) is 64.8 Å². The number of amidine groups is 1. The molecule has 0 bridgehead atoms. The van der Waals surface area contributed by atoms with Crippen LogP contribution in [0.25, 0.3) is 0 Å². The third-order valence-corrected chi connectivity index (χ3v) is 4.83. The lowest BCUT2D eigenvalue weighted by molar-refractivity contribution is -0.118. The van der Waals surface area contributed by atoms with Crippen LogP contribution in [0, 0.1) is 6.92 Å². The van der Waals surface area contributed by atoms with Crippen molar-refractivity contribution in [3.05, 3.63) is 71.3 Å². The number of amides is 1. The minimum absolute atomic E-state index is 0.00665. The zero-order valence-electron chi connectivity index (χ0n) is 13.7. The minimum atomic E-state index is -0.155. The van der Waals surface area contributed by atoms with Crippen molar-refractivity contribution in [1.82, 2.24) is 5.32 Å². The number of carbonyl (C=O) groups excluding carboxylic acids is 1. The van der Waals surface area contributed by atoms with E-state index >= 15 is 0 Å². The number of hydrogen-bond acceptors (Lipinski definition) is 4. The standard InChI is InChI=1S/C19H19N3OS/c1-13-7-6-8-15(11-13)12-17-18(23)20-19(24-17)22-21-14(2)16-9-4-3-5-10-16/h3-11,17H,12H2,1-2H3,(H,20,22,23). The molecule has 4 nitrogen and oxygen atoms in total. The average Bonchev–Trinajstić information content (AvgIpc) is 2.93. The lowest BCUT2D eigenvalue weighted by Gasteiger charge is -2.05. The predicted octanol–water partition coefficient (Wildman–Crippen LogP) is 3.55. The van der Waals surface area contributed by atoms with Crippen LogP contribution in [0.3, 0.4) is 0 Å². The molecule has 1 aliphatic rings. The summed E-state index contributed by atoms with van der Waals surface area (Å²) in [5, 5.41) is 11.7. The maximum atomic E-state index is 12.1. The predicted molar refractivity (Wildman–Crippen MR) is 100 cm³/mol. The molecule has 5 heteroatoms. The molecule has 122 valence electrons. The van der Waals surface area contributed by atoms with Gasteiger partial charge in [0, 0.05) is 0 Å². The summed E-state index contributed by atoms with van der Waals surface area (Å²) in [6.07, 6.45) is 0.693. The molecule has 0 radical (unpaired) electrons. The lowest BCUT2D eigenvalue weighted by Crippen LogP contribution is -2.26. The number of aryl methyl sites for hydroxylation is 1. The van der Waals surface area contributed by atoms with Crippen LogP contribution in [-0.2, 0) is 11.2 Å². The second kappa shape index (κ2) is 7.45. The smallest absolute Gasteiger partial charge is 0.239 e. The summed E-state index contributed by atoms with van der Waals surface area (Å²) < 4.78 is 0. The van der Waals surface area contributed by atoms with Crippen LogP contribution in [0.5, 0.6) is 0 Å². The highest BCUT2D eigenvalue weighted by Crippen LogP contribution is 2.23. The van der Waals surface area contributed by atoms with Crippen molar-refractivity contribution in [3.8, 4) is 0 Å². The summed E-state index contributed by atoms with van der Waals surface area (Å²) in [6.45, 7) is 3.96. The molecule has 1 amide bonds. The summed E-state index contributed by atoms with van der Waals surface area (Å²) in [5.41, 5.74) is 4.20. The Morgan fingerprint density at radius 1 is 1.17 bits per heavy atom. The Hall–Kier alpha value is -2.40. The van der Waals surface area contributed by atoms with E-state index in [1.54, 1.807) is 0 Å². The molecule has 1 fully saturated rings. The highest BCUT2D eigenvalue weighted by molar-refractivity contribution is 8.15. The van der Waals surface area contributed by atoms with Crippen LogP contribution in [0.2, 0.25) is 0 Å². The van der Waals surface area contributed by atoms with Gasteiger partial charge in [-0.2, -0.15) is 5.10 Å². The summed E-state index contributed by atoms with van der Waals surface area (Å²) in [7, 11) is 0. The van der Waals surface area contributed by atoms with Gasteiger partial charge in [-0.25, -0.2) is 0 Å². The molecule has 0 aliphatic carbocycles. The molecule has 1 heterocycles. The quantitative estimate of drug-likeness (QED) is 0.685. The van der Waals surface area contributed by atoms with Gasteiger partial charge < -0.3 is 5.32 Å². The van der Waals surface area contributed by atoms with Gasteiger partial charge in [-0.15, -0.1) is 5.10 Å². The van der Waals surface area contributed by atoms with Gasteiger partial charge in [0.25, 0.3) is 0 Å². The van der Waals surface area contributed by atoms with Crippen molar-refractivity contribution in [2.24, 2.45) is 10.2 Å². The van der Waals surface area contributed by atoms with Crippen LogP contribution in [0.1, 0.15) is 23.6 Å². The van der Waals surface area contributed by atoms with E-state index in [9.17, 15) is 4.79 Å². The van der Waals surface area contributed by atoms with Gasteiger partial charge in [-0.3, -0.25) is 4.79 Å². The van der Waals surface area contributed by atoms with Crippen molar-refractivity contribution >= 4 is 28.5 Å². The van der Waals surface area contributed by atoms with Gasteiger partial charge >= 0.3 is 0 Å². The molecule has 1 atom stereocenters.